The third kappa shape index (κ3) is 15.0. The summed E-state index contributed by atoms with van der Waals surface area (Å²) >= 11 is 0. The van der Waals surface area contributed by atoms with Gasteiger partial charge in [0.2, 0.25) is 0 Å². The van der Waals surface area contributed by atoms with Crippen molar-refractivity contribution in [2.75, 3.05) is 6.61 Å². The number of hydrogen-bond donors (Lipinski definition) is 1. The molecule has 0 saturated carbocycles. The molecule has 0 radical (unpaired) electrons. The summed E-state index contributed by atoms with van der Waals surface area (Å²) in [4.78, 5) is 0. The normalized spacial score (nSPS) is 21.0. The molecule has 0 aromatic heterocycles. The van der Waals surface area contributed by atoms with E-state index in [1.165, 1.54) is 32.1 Å². The van der Waals surface area contributed by atoms with E-state index in [1.807, 2.05) is 0 Å². The van der Waals surface area contributed by atoms with E-state index >= 15 is 0 Å². The zero-order valence-electron chi connectivity index (χ0n) is 33.6. The van der Waals surface area contributed by atoms with Crippen molar-refractivity contribution in [3.63, 3.8) is 0 Å². The molecule has 1 aliphatic rings. The second-order valence-electron chi connectivity index (χ2n) is 18.9. The molecule has 274 valence electrons. The van der Waals surface area contributed by atoms with Crippen LogP contribution in [0.15, 0.2) is 12.2 Å². The van der Waals surface area contributed by atoms with Crippen molar-refractivity contribution >= 4 is 25.0 Å². The predicted octanol–water partition coefficient (Wildman–Crippen LogP) is 11.8. The van der Waals surface area contributed by atoms with Crippen LogP contribution in [0.2, 0.25) is 54.4 Å². The average Bonchev–Trinajstić information content (AvgIpc) is 2.86. The number of ether oxygens (including phenoxy) is 1. The van der Waals surface area contributed by atoms with Crippen molar-refractivity contribution in [2.45, 2.75) is 225 Å². The molecule has 46 heavy (non-hydrogen) atoms. The molecule has 0 aliphatic carbocycles. The van der Waals surface area contributed by atoms with Crippen molar-refractivity contribution in [1.29, 1.82) is 0 Å². The molecule has 1 rings (SSSR count). The minimum Gasteiger partial charge on any atom is -0.414 e. The molecule has 8 heteroatoms. The zero-order valence-corrected chi connectivity index (χ0v) is 36.6. The zero-order chi connectivity index (χ0) is 35.6. The van der Waals surface area contributed by atoms with Crippen LogP contribution in [-0.4, -0.2) is 67.2 Å². The van der Waals surface area contributed by atoms with Gasteiger partial charge in [0, 0.05) is 25.2 Å². The Bertz CT molecular complexity index is 882. The van der Waals surface area contributed by atoms with Gasteiger partial charge in [-0.15, -0.1) is 0 Å². The van der Waals surface area contributed by atoms with Crippen molar-refractivity contribution in [3.8, 4) is 0 Å². The summed E-state index contributed by atoms with van der Waals surface area (Å²) in [6.45, 7) is 37.9. The van der Waals surface area contributed by atoms with Crippen LogP contribution < -0.4 is 0 Å². The fourth-order valence-corrected chi connectivity index (χ4v) is 9.57. The van der Waals surface area contributed by atoms with Gasteiger partial charge in [-0.3, -0.25) is 0 Å². The largest absolute Gasteiger partial charge is 0.414 e. The molecule has 0 bridgehead atoms. The highest BCUT2D eigenvalue weighted by molar-refractivity contribution is 6.75. The van der Waals surface area contributed by atoms with Crippen molar-refractivity contribution < 1.29 is 23.1 Å². The molecule has 1 aliphatic heterocycles. The Morgan fingerprint density at radius 3 is 1.63 bits per heavy atom. The highest BCUT2D eigenvalue weighted by Crippen LogP contribution is 2.43. The Hall–Kier alpha value is 0.191. The topological polar surface area (TPSA) is 57.2 Å². The van der Waals surface area contributed by atoms with Gasteiger partial charge in [-0.05, 0) is 86.5 Å². The van der Waals surface area contributed by atoms with Crippen LogP contribution in [0.4, 0.5) is 0 Å². The molecule has 0 unspecified atom stereocenters. The van der Waals surface area contributed by atoms with Gasteiger partial charge in [-0.25, -0.2) is 0 Å². The Labute approximate surface area is 290 Å². The van der Waals surface area contributed by atoms with Gasteiger partial charge in [0.05, 0.1) is 18.3 Å². The number of unbranched alkanes of at least 4 members (excludes halogenated alkanes) is 4. The van der Waals surface area contributed by atoms with E-state index in [0.717, 1.165) is 32.1 Å². The Kier molecular flexibility index (Phi) is 17.7. The first-order valence-electron chi connectivity index (χ1n) is 18.8. The molecule has 0 aromatic carbocycles. The second-order valence-corrected chi connectivity index (χ2v) is 33.2. The van der Waals surface area contributed by atoms with E-state index in [4.69, 9.17) is 18.0 Å². The predicted molar refractivity (Wildman–Crippen MR) is 208 cm³/mol. The first kappa shape index (κ1) is 44.2. The van der Waals surface area contributed by atoms with E-state index in [0.29, 0.717) is 6.42 Å². The lowest BCUT2D eigenvalue weighted by atomic mass is 9.97. The molecule has 0 amide bonds. The molecule has 0 aromatic rings. The molecule has 1 N–H and O–H groups in total. The Morgan fingerprint density at radius 2 is 1.15 bits per heavy atom. The molecule has 5 nitrogen and oxygen atoms in total. The summed E-state index contributed by atoms with van der Waals surface area (Å²) in [6.07, 6.45) is 16.4. The van der Waals surface area contributed by atoms with Gasteiger partial charge in [0.15, 0.2) is 25.0 Å². The number of aliphatic hydroxyl groups excluding tert-OH is 1. The monoisotopic (exact) mass is 701 g/mol. The first-order chi connectivity index (χ1) is 20.8. The van der Waals surface area contributed by atoms with Crippen molar-refractivity contribution in [3.05, 3.63) is 12.2 Å². The summed E-state index contributed by atoms with van der Waals surface area (Å²) in [5, 5.41) is 9.98. The molecule has 1 heterocycles. The fourth-order valence-electron chi connectivity index (χ4n) is 5.41. The highest BCUT2D eigenvalue weighted by Gasteiger charge is 2.44. The van der Waals surface area contributed by atoms with Gasteiger partial charge in [-0.2, -0.15) is 0 Å². The second kappa shape index (κ2) is 18.4. The van der Waals surface area contributed by atoms with Crippen LogP contribution in [0, 0.1) is 0 Å². The molecule has 0 spiro atoms. The van der Waals surface area contributed by atoms with E-state index in [9.17, 15) is 5.11 Å². The maximum atomic E-state index is 9.60. The maximum Gasteiger partial charge on any atom is 0.192 e. The Morgan fingerprint density at radius 1 is 0.696 bits per heavy atom. The van der Waals surface area contributed by atoms with E-state index in [1.54, 1.807) is 0 Å². The lowest BCUT2D eigenvalue weighted by Crippen LogP contribution is -2.49. The molecule has 5 atom stereocenters. The third-order valence-corrected chi connectivity index (χ3v) is 25.2. The van der Waals surface area contributed by atoms with Crippen LogP contribution >= 0.6 is 0 Å². The highest BCUT2D eigenvalue weighted by atomic mass is 28.4. The first-order valence-corrected chi connectivity index (χ1v) is 27.5. The quantitative estimate of drug-likeness (QED) is 0.0778. The summed E-state index contributed by atoms with van der Waals surface area (Å²) in [7, 11) is -6.13. The summed E-state index contributed by atoms with van der Waals surface area (Å²) in [5.41, 5.74) is 0. The van der Waals surface area contributed by atoms with Gasteiger partial charge in [0.1, 0.15) is 0 Å². The smallest absolute Gasteiger partial charge is 0.192 e. The number of aliphatic hydroxyl groups is 1. The van der Waals surface area contributed by atoms with Crippen molar-refractivity contribution in [1.82, 2.24) is 0 Å². The van der Waals surface area contributed by atoms with E-state index in [-0.39, 0.29) is 52.2 Å². The molecular weight excluding hydrogens is 621 g/mol. The minimum atomic E-state index is -2.08. The minimum absolute atomic E-state index is 0.00793. The summed E-state index contributed by atoms with van der Waals surface area (Å²) in [5.74, 6) is 0. The lowest BCUT2D eigenvalue weighted by Gasteiger charge is -2.45. The average molecular weight is 701 g/mol. The van der Waals surface area contributed by atoms with E-state index in [2.05, 4.69) is 121 Å². The van der Waals surface area contributed by atoms with Gasteiger partial charge >= 0.3 is 0 Å². The standard InChI is InChI=1S/C38H80O5Si3/c1-17-18-19-20-21-23-33(41-44(11,12)36(2,3)4)29-35(43-46(15,16)38(8,9)10)30-34(42-45(13,14)37(5,6)7)28-32-25-22-24-31(40-32)26-27-39/h22,25,31-35,39H,17-21,23-24,26-30H2,1-16H3/t31-,32-,33+,34-,35+/m0/s1. The van der Waals surface area contributed by atoms with Crippen LogP contribution in [0.3, 0.4) is 0 Å². The number of rotatable bonds is 20. The van der Waals surface area contributed by atoms with Crippen LogP contribution in [0.1, 0.15) is 140 Å². The molecule has 0 fully saturated rings. The van der Waals surface area contributed by atoms with E-state index < -0.39 is 25.0 Å². The third-order valence-electron chi connectivity index (χ3n) is 11.5. The lowest BCUT2D eigenvalue weighted by molar-refractivity contribution is -0.0330. The SMILES string of the molecule is CCCCCCC[C@H](C[C@H](C[C@H](C[C@@H]1C=CC[C@@H](CCO)O1)O[Si](C)(C)C(C)(C)C)O[Si](C)(C)C(C)(C)C)O[Si](C)(C)C(C)(C)C. The summed E-state index contributed by atoms with van der Waals surface area (Å²) in [6, 6.07) is 0. The summed E-state index contributed by atoms with van der Waals surface area (Å²) < 4.78 is 28.4. The number of hydrogen-bond acceptors (Lipinski definition) is 5. The maximum absolute atomic E-state index is 9.60. The fraction of sp³-hybridized carbons (Fsp3) is 0.947. The van der Waals surface area contributed by atoms with Crippen LogP contribution in [-0.2, 0) is 18.0 Å². The van der Waals surface area contributed by atoms with Crippen LogP contribution in [0.25, 0.3) is 0 Å². The van der Waals surface area contributed by atoms with Crippen LogP contribution in [0.5, 0.6) is 0 Å². The Balaban J connectivity index is 3.48. The van der Waals surface area contributed by atoms with Gasteiger partial charge in [0.25, 0.3) is 0 Å². The van der Waals surface area contributed by atoms with Gasteiger partial charge < -0.3 is 23.1 Å². The van der Waals surface area contributed by atoms with Crippen molar-refractivity contribution in [2.24, 2.45) is 0 Å². The molecular formula is C38H80O5Si3. The molecule has 0 saturated heterocycles. The van der Waals surface area contributed by atoms with Gasteiger partial charge in [-0.1, -0.05) is 113 Å².